The van der Waals surface area contributed by atoms with Gasteiger partial charge in [-0.15, -0.1) is 0 Å². The van der Waals surface area contributed by atoms with Gasteiger partial charge in [0.05, 0.1) is 5.92 Å². The minimum absolute atomic E-state index is 0.0217. The molecule has 1 fully saturated rings. The van der Waals surface area contributed by atoms with Crippen LogP contribution in [0.4, 0.5) is 5.69 Å². The summed E-state index contributed by atoms with van der Waals surface area (Å²) in [4.78, 5) is 28.2. The van der Waals surface area contributed by atoms with Crippen LogP contribution >= 0.6 is 0 Å². The number of para-hydroxylation sites is 1. The van der Waals surface area contributed by atoms with Gasteiger partial charge in [-0.25, -0.2) is 0 Å². The average molecular weight is 317 g/mol. The molecule has 0 bridgehead atoms. The van der Waals surface area contributed by atoms with Crippen LogP contribution < -0.4 is 10.2 Å². The van der Waals surface area contributed by atoms with Crippen molar-refractivity contribution in [3.8, 4) is 0 Å². The van der Waals surface area contributed by atoms with Gasteiger partial charge < -0.3 is 15.1 Å². The first-order valence-corrected chi connectivity index (χ1v) is 8.13. The fourth-order valence-corrected chi connectivity index (χ4v) is 2.83. The van der Waals surface area contributed by atoms with Gasteiger partial charge in [-0.2, -0.15) is 0 Å². The van der Waals surface area contributed by atoms with Gasteiger partial charge in [0.1, 0.15) is 0 Å². The third kappa shape index (κ3) is 4.47. The van der Waals surface area contributed by atoms with E-state index in [4.69, 9.17) is 0 Å². The predicted octanol–water partition coefficient (Wildman–Crippen LogP) is 1.89. The second kappa shape index (κ2) is 7.02. The first-order valence-electron chi connectivity index (χ1n) is 8.13. The highest BCUT2D eigenvalue weighted by Gasteiger charge is 2.39. The number of carbonyl (C=O) groups excluding carboxylic acids is 2. The third-order valence-corrected chi connectivity index (χ3v) is 4.25. The molecular formula is C18H27N3O2. The second-order valence-electron chi connectivity index (χ2n) is 7.12. The van der Waals surface area contributed by atoms with E-state index in [2.05, 4.69) is 10.2 Å². The molecule has 1 heterocycles. The summed E-state index contributed by atoms with van der Waals surface area (Å²) in [5.41, 5.74) is 0.899. The van der Waals surface area contributed by atoms with Gasteiger partial charge in [-0.3, -0.25) is 9.59 Å². The molecule has 1 saturated heterocycles. The molecule has 5 nitrogen and oxygen atoms in total. The predicted molar refractivity (Wildman–Crippen MR) is 92.3 cm³/mol. The Hall–Kier alpha value is -2.04. The highest BCUT2D eigenvalue weighted by Crippen LogP contribution is 2.25. The summed E-state index contributed by atoms with van der Waals surface area (Å²) >= 11 is 0. The van der Waals surface area contributed by atoms with Gasteiger partial charge in [-0.05, 0) is 32.9 Å². The molecule has 1 aromatic rings. The van der Waals surface area contributed by atoms with Crippen molar-refractivity contribution in [2.75, 3.05) is 31.6 Å². The highest BCUT2D eigenvalue weighted by atomic mass is 16.2. The number of nitrogens with zero attached hydrogens (tertiary/aromatic N) is 2. The van der Waals surface area contributed by atoms with E-state index in [1.54, 1.807) is 4.90 Å². The minimum Gasteiger partial charge on any atom is -0.373 e. The van der Waals surface area contributed by atoms with E-state index in [0.717, 1.165) is 12.2 Å². The molecule has 126 valence electrons. The van der Waals surface area contributed by atoms with Crippen molar-refractivity contribution < 1.29 is 9.59 Å². The quantitative estimate of drug-likeness (QED) is 0.902. The van der Waals surface area contributed by atoms with Crippen LogP contribution in [-0.4, -0.2) is 48.9 Å². The lowest BCUT2D eigenvalue weighted by molar-refractivity contribution is -0.132. The smallest absolute Gasteiger partial charge is 0.225 e. The topological polar surface area (TPSA) is 52.7 Å². The number of likely N-dealkylation sites (tertiary alicyclic amines) is 1. The van der Waals surface area contributed by atoms with E-state index in [9.17, 15) is 9.59 Å². The zero-order valence-corrected chi connectivity index (χ0v) is 14.5. The molecule has 0 radical (unpaired) electrons. The summed E-state index contributed by atoms with van der Waals surface area (Å²) in [6.45, 7) is 7.83. The van der Waals surface area contributed by atoms with Crippen LogP contribution in [0.15, 0.2) is 30.3 Å². The van der Waals surface area contributed by atoms with Crippen LogP contribution in [0.3, 0.4) is 0 Å². The summed E-state index contributed by atoms with van der Waals surface area (Å²) in [6.07, 6.45) is 0.317. The molecule has 0 aromatic heterocycles. The van der Waals surface area contributed by atoms with Crippen LogP contribution in [0, 0.1) is 5.92 Å². The van der Waals surface area contributed by atoms with E-state index in [1.807, 2.05) is 58.2 Å². The van der Waals surface area contributed by atoms with Crippen molar-refractivity contribution in [3.63, 3.8) is 0 Å². The molecule has 1 aliphatic heterocycles. The molecule has 0 aliphatic carbocycles. The fourth-order valence-electron chi connectivity index (χ4n) is 2.83. The Labute approximate surface area is 138 Å². The van der Waals surface area contributed by atoms with E-state index in [0.29, 0.717) is 19.5 Å². The molecule has 2 amide bonds. The lowest BCUT2D eigenvalue weighted by atomic mass is 10.1. The first kappa shape index (κ1) is 17.3. The zero-order chi connectivity index (χ0) is 17.0. The van der Waals surface area contributed by atoms with Gasteiger partial charge in [0.25, 0.3) is 0 Å². The van der Waals surface area contributed by atoms with E-state index < -0.39 is 0 Å². The Balaban J connectivity index is 1.79. The maximum atomic E-state index is 12.3. The number of rotatable bonds is 5. The Bertz CT molecular complexity index is 551. The van der Waals surface area contributed by atoms with Gasteiger partial charge in [-0.1, -0.05) is 18.2 Å². The Morgan fingerprint density at radius 1 is 1.30 bits per heavy atom. The number of likely N-dealkylation sites (N-methyl/N-ethyl adjacent to an activating group) is 1. The van der Waals surface area contributed by atoms with Crippen molar-refractivity contribution in [3.05, 3.63) is 30.3 Å². The van der Waals surface area contributed by atoms with Crippen LogP contribution in [0.25, 0.3) is 0 Å². The van der Waals surface area contributed by atoms with Crippen molar-refractivity contribution in [2.24, 2.45) is 5.92 Å². The summed E-state index contributed by atoms with van der Waals surface area (Å²) in [5.74, 6) is -0.186. The van der Waals surface area contributed by atoms with Gasteiger partial charge >= 0.3 is 0 Å². The van der Waals surface area contributed by atoms with Crippen molar-refractivity contribution in [1.82, 2.24) is 10.2 Å². The maximum Gasteiger partial charge on any atom is 0.225 e. The summed E-state index contributed by atoms with van der Waals surface area (Å²) in [5, 5.41) is 2.96. The van der Waals surface area contributed by atoms with Crippen LogP contribution in [0.2, 0.25) is 0 Å². The first-order chi connectivity index (χ1) is 10.8. The molecule has 5 heteroatoms. The Morgan fingerprint density at radius 2 is 1.96 bits per heavy atom. The molecule has 2 rings (SSSR count). The third-order valence-electron chi connectivity index (χ3n) is 4.25. The molecule has 1 aliphatic rings. The normalized spacial score (nSPS) is 18.2. The largest absolute Gasteiger partial charge is 0.373 e. The van der Waals surface area contributed by atoms with Crippen molar-refractivity contribution >= 4 is 17.5 Å². The monoisotopic (exact) mass is 317 g/mol. The number of benzene rings is 1. The second-order valence-corrected chi connectivity index (χ2v) is 7.12. The SMILES string of the molecule is CN(CCNC(=O)[C@@H]1CC(=O)N(C(C)(C)C)C1)c1ccccc1. The molecular weight excluding hydrogens is 290 g/mol. The van der Waals surface area contributed by atoms with Crippen LogP contribution in [-0.2, 0) is 9.59 Å². The molecule has 1 atom stereocenters. The highest BCUT2D eigenvalue weighted by molar-refractivity contribution is 5.89. The lowest BCUT2D eigenvalue weighted by Crippen LogP contribution is -2.43. The van der Waals surface area contributed by atoms with Crippen molar-refractivity contribution in [2.45, 2.75) is 32.7 Å². The molecule has 0 spiro atoms. The summed E-state index contributed by atoms with van der Waals surface area (Å²) in [6, 6.07) is 10.1. The summed E-state index contributed by atoms with van der Waals surface area (Å²) in [7, 11) is 2.00. The minimum atomic E-state index is -0.233. The number of hydrogen-bond acceptors (Lipinski definition) is 3. The lowest BCUT2D eigenvalue weighted by Gasteiger charge is -2.32. The number of hydrogen-bond donors (Lipinski definition) is 1. The molecule has 0 saturated carbocycles. The van der Waals surface area contributed by atoms with Crippen LogP contribution in [0.5, 0.6) is 0 Å². The zero-order valence-electron chi connectivity index (χ0n) is 14.5. The molecule has 0 unspecified atom stereocenters. The standard InChI is InChI=1S/C18H27N3O2/c1-18(2,3)21-13-14(12-16(21)22)17(23)19-10-11-20(4)15-8-6-5-7-9-15/h5-9,14H,10-13H2,1-4H3,(H,19,23)/t14-/m1/s1. The Morgan fingerprint density at radius 3 is 2.52 bits per heavy atom. The fraction of sp³-hybridized carbons (Fsp3) is 0.556. The van der Waals surface area contributed by atoms with Gasteiger partial charge in [0.2, 0.25) is 11.8 Å². The molecule has 1 aromatic carbocycles. The van der Waals surface area contributed by atoms with Crippen LogP contribution in [0.1, 0.15) is 27.2 Å². The van der Waals surface area contributed by atoms with Crippen molar-refractivity contribution in [1.29, 1.82) is 0 Å². The van der Waals surface area contributed by atoms with Gasteiger partial charge in [0, 0.05) is 44.3 Å². The number of carbonyl (C=O) groups is 2. The number of anilines is 1. The van der Waals surface area contributed by atoms with E-state index in [1.165, 1.54) is 0 Å². The average Bonchev–Trinajstić information content (AvgIpc) is 2.90. The maximum absolute atomic E-state index is 12.3. The molecule has 23 heavy (non-hydrogen) atoms. The molecule has 1 N–H and O–H groups in total. The number of amides is 2. The van der Waals surface area contributed by atoms with E-state index >= 15 is 0 Å². The van der Waals surface area contributed by atoms with E-state index in [-0.39, 0.29) is 23.3 Å². The number of nitrogens with one attached hydrogen (secondary N) is 1. The summed E-state index contributed by atoms with van der Waals surface area (Å²) < 4.78 is 0. The Kier molecular flexibility index (Phi) is 5.29. The van der Waals surface area contributed by atoms with Gasteiger partial charge in [0.15, 0.2) is 0 Å².